The molecule has 1 atom stereocenters. The summed E-state index contributed by atoms with van der Waals surface area (Å²) >= 11 is 0. The van der Waals surface area contributed by atoms with Crippen molar-refractivity contribution in [3.8, 4) is 5.75 Å². The molecular formula is C20H20FN3O5. The maximum absolute atomic E-state index is 13.0. The predicted molar refractivity (Wildman–Crippen MR) is 103 cm³/mol. The first kappa shape index (κ1) is 20.2. The number of nitrogens with one attached hydrogen (secondary N) is 1. The van der Waals surface area contributed by atoms with Gasteiger partial charge in [-0.3, -0.25) is 19.7 Å². The molecule has 2 aromatic rings. The lowest BCUT2D eigenvalue weighted by molar-refractivity contribution is -0.384. The first-order chi connectivity index (χ1) is 13.9. The van der Waals surface area contributed by atoms with Crippen LogP contribution < -0.4 is 10.1 Å². The number of amides is 2. The number of likely N-dealkylation sites (tertiary alicyclic amines) is 1. The molecule has 2 amide bonds. The van der Waals surface area contributed by atoms with Gasteiger partial charge in [-0.2, -0.15) is 0 Å². The Kier molecular flexibility index (Phi) is 6.06. The molecule has 9 heteroatoms. The monoisotopic (exact) mass is 401 g/mol. The molecule has 0 bridgehead atoms. The molecule has 1 N–H and O–H groups in total. The lowest BCUT2D eigenvalue weighted by Crippen LogP contribution is -2.30. The van der Waals surface area contributed by atoms with Gasteiger partial charge < -0.3 is 15.0 Å². The van der Waals surface area contributed by atoms with Crippen LogP contribution in [0.25, 0.3) is 0 Å². The van der Waals surface area contributed by atoms with Gasteiger partial charge in [-0.1, -0.05) is 12.1 Å². The second-order valence-corrected chi connectivity index (χ2v) is 6.75. The third-order valence-corrected chi connectivity index (χ3v) is 4.83. The van der Waals surface area contributed by atoms with Gasteiger partial charge in [-0.15, -0.1) is 0 Å². The molecule has 0 saturated carbocycles. The second-order valence-electron chi connectivity index (χ2n) is 6.75. The topological polar surface area (TPSA) is 102 Å². The van der Waals surface area contributed by atoms with Gasteiger partial charge in [0.15, 0.2) is 0 Å². The highest BCUT2D eigenvalue weighted by Crippen LogP contribution is 2.30. The van der Waals surface area contributed by atoms with Crippen LogP contribution in [0.3, 0.4) is 0 Å². The van der Waals surface area contributed by atoms with Crippen molar-refractivity contribution in [1.82, 2.24) is 4.90 Å². The number of carbonyl (C=O) groups excluding carboxylic acids is 2. The maximum atomic E-state index is 13.0. The van der Waals surface area contributed by atoms with Gasteiger partial charge in [0.1, 0.15) is 17.3 Å². The first-order valence-corrected chi connectivity index (χ1v) is 9.03. The Morgan fingerprint density at radius 1 is 1.31 bits per heavy atom. The molecule has 8 nitrogen and oxygen atoms in total. The van der Waals surface area contributed by atoms with E-state index in [0.717, 1.165) is 5.56 Å². The fourth-order valence-corrected chi connectivity index (χ4v) is 3.21. The van der Waals surface area contributed by atoms with Crippen LogP contribution in [-0.4, -0.2) is 41.8 Å². The number of nitrogens with zero attached hydrogens (tertiary/aromatic N) is 2. The fraction of sp³-hybridized carbons (Fsp3) is 0.300. The third kappa shape index (κ3) is 4.87. The third-order valence-electron chi connectivity index (χ3n) is 4.83. The Labute approximate surface area is 166 Å². The molecule has 2 aromatic carbocycles. The summed E-state index contributed by atoms with van der Waals surface area (Å²) in [7, 11) is 1.39. The van der Waals surface area contributed by atoms with Crippen LogP contribution in [0.2, 0.25) is 0 Å². The number of nitro benzene ring substituents is 1. The Bertz CT molecular complexity index is 932. The maximum Gasteiger partial charge on any atom is 0.296 e. The average Bonchev–Trinajstić information content (AvgIpc) is 3.08. The Morgan fingerprint density at radius 3 is 2.69 bits per heavy atom. The van der Waals surface area contributed by atoms with Gasteiger partial charge in [0, 0.05) is 19.5 Å². The van der Waals surface area contributed by atoms with Crippen molar-refractivity contribution in [3.63, 3.8) is 0 Å². The lowest BCUT2D eigenvalue weighted by Gasteiger charge is -2.16. The van der Waals surface area contributed by atoms with Gasteiger partial charge >= 0.3 is 0 Å². The van der Waals surface area contributed by atoms with Crippen LogP contribution in [0.5, 0.6) is 5.75 Å². The van der Waals surface area contributed by atoms with Crippen molar-refractivity contribution >= 4 is 23.2 Å². The van der Waals surface area contributed by atoms with Gasteiger partial charge in [-0.25, -0.2) is 4.39 Å². The summed E-state index contributed by atoms with van der Waals surface area (Å²) in [4.78, 5) is 37.0. The SMILES string of the molecule is COc1ccc(NC(=O)[C@H]2CC(=O)N(CCc3ccc(F)cc3)C2)c([N+](=O)[O-])c1. The summed E-state index contributed by atoms with van der Waals surface area (Å²) in [6.07, 6.45) is 0.587. The van der Waals surface area contributed by atoms with Crippen LogP contribution in [0.1, 0.15) is 12.0 Å². The number of hydrogen-bond donors (Lipinski definition) is 1. The molecular weight excluding hydrogens is 381 g/mol. The second kappa shape index (κ2) is 8.68. The van der Waals surface area contributed by atoms with Crippen LogP contribution in [0.4, 0.5) is 15.8 Å². The summed E-state index contributed by atoms with van der Waals surface area (Å²) in [5.41, 5.74) is 0.661. The highest BCUT2D eigenvalue weighted by Gasteiger charge is 2.34. The number of hydrogen-bond acceptors (Lipinski definition) is 5. The Hall–Kier alpha value is -3.49. The molecule has 0 aromatic heterocycles. The molecule has 29 heavy (non-hydrogen) atoms. The largest absolute Gasteiger partial charge is 0.496 e. The molecule has 1 saturated heterocycles. The summed E-state index contributed by atoms with van der Waals surface area (Å²) in [5.74, 6) is -1.22. The highest BCUT2D eigenvalue weighted by atomic mass is 19.1. The van der Waals surface area contributed by atoms with Gasteiger partial charge in [0.2, 0.25) is 11.8 Å². The number of benzene rings is 2. The normalized spacial score (nSPS) is 16.0. The van der Waals surface area contributed by atoms with E-state index >= 15 is 0 Å². The summed E-state index contributed by atoms with van der Waals surface area (Å²) < 4.78 is 17.9. The van der Waals surface area contributed by atoms with Crippen molar-refractivity contribution in [1.29, 1.82) is 0 Å². The molecule has 3 rings (SSSR count). The quantitative estimate of drug-likeness (QED) is 0.568. The van der Waals surface area contributed by atoms with Gasteiger partial charge in [0.25, 0.3) is 5.69 Å². The molecule has 1 aliphatic rings. The van der Waals surface area contributed by atoms with Gasteiger partial charge in [0.05, 0.1) is 24.0 Å². The van der Waals surface area contributed by atoms with Crippen molar-refractivity contribution in [2.75, 3.05) is 25.5 Å². The number of rotatable bonds is 7. The minimum absolute atomic E-state index is 0.0409. The number of ether oxygens (including phenoxy) is 1. The van der Waals surface area contributed by atoms with E-state index in [4.69, 9.17) is 4.74 Å². The zero-order chi connectivity index (χ0) is 21.0. The average molecular weight is 401 g/mol. The number of nitro groups is 1. The first-order valence-electron chi connectivity index (χ1n) is 9.03. The molecule has 1 heterocycles. The van der Waals surface area contributed by atoms with E-state index in [0.29, 0.717) is 18.7 Å². The van der Waals surface area contributed by atoms with Crippen LogP contribution in [0.15, 0.2) is 42.5 Å². The zero-order valence-corrected chi connectivity index (χ0v) is 15.8. The molecule has 152 valence electrons. The number of carbonyl (C=O) groups is 2. The van der Waals surface area contributed by atoms with E-state index in [-0.39, 0.29) is 36.1 Å². The Balaban J connectivity index is 1.61. The van der Waals surface area contributed by atoms with E-state index < -0.39 is 16.7 Å². The van der Waals surface area contributed by atoms with E-state index in [9.17, 15) is 24.1 Å². The molecule has 1 fully saturated rings. The van der Waals surface area contributed by atoms with Crippen LogP contribution in [0, 0.1) is 21.8 Å². The van der Waals surface area contributed by atoms with Crippen molar-refractivity contribution in [2.24, 2.45) is 5.92 Å². The van der Waals surface area contributed by atoms with E-state index in [1.807, 2.05) is 0 Å². The van der Waals surface area contributed by atoms with E-state index in [1.165, 1.54) is 37.4 Å². The minimum Gasteiger partial charge on any atom is -0.496 e. The molecule has 0 spiro atoms. The smallest absolute Gasteiger partial charge is 0.296 e. The summed E-state index contributed by atoms with van der Waals surface area (Å²) in [6.45, 7) is 0.646. The molecule has 0 radical (unpaired) electrons. The highest BCUT2D eigenvalue weighted by molar-refractivity contribution is 5.98. The van der Waals surface area contributed by atoms with Crippen molar-refractivity contribution in [2.45, 2.75) is 12.8 Å². The fourth-order valence-electron chi connectivity index (χ4n) is 3.21. The van der Waals surface area contributed by atoms with Gasteiger partial charge in [-0.05, 0) is 36.2 Å². The molecule has 1 aliphatic heterocycles. The Morgan fingerprint density at radius 2 is 2.03 bits per heavy atom. The minimum atomic E-state index is -0.604. The van der Waals surface area contributed by atoms with Crippen LogP contribution in [-0.2, 0) is 16.0 Å². The number of methoxy groups -OCH3 is 1. The summed E-state index contributed by atoms with van der Waals surface area (Å²) in [6, 6.07) is 10.2. The summed E-state index contributed by atoms with van der Waals surface area (Å²) in [5, 5.41) is 13.8. The van der Waals surface area contributed by atoms with Crippen LogP contribution >= 0.6 is 0 Å². The van der Waals surface area contributed by atoms with Crippen molar-refractivity contribution in [3.05, 3.63) is 64.0 Å². The number of halogens is 1. The standard InChI is InChI=1S/C20H20FN3O5/c1-29-16-6-7-17(18(11-16)24(27)28)22-20(26)14-10-19(25)23(12-14)9-8-13-2-4-15(21)5-3-13/h2-7,11,14H,8-10,12H2,1H3,(H,22,26)/t14-/m0/s1. The van der Waals surface area contributed by atoms with Crippen molar-refractivity contribution < 1.29 is 23.6 Å². The molecule has 0 unspecified atom stereocenters. The van der Waals surface area contributed by atoms with E-state index in [2.05, 4.69) is 5.32 Å². The predicted octanol–water partition coefficient (Wildman–Crippen LogP) is 2.77. The van der Waals surface area contributed by atoms with E-state index in [1.54, 1.807) is 17.0 Å². The number of anilines is 1. The molecule has 0 aliphatic carbocycles. The zero-order valence-electron chi connectivity index (χ0n) is 15.8. The lowest BCUT2D eigenvalue weighted by atomic mass is 10.1.